The Morgan fingerprint density at radius 2 is 1.96 bits per heavy atom. The number of hydrogen-bond donors (Lipinski definition) is 1. The van der Waals surface area contributed by atoms with Crippen LogP contribution in [0.25, 0.3) is 0 Å². The second-order valence-electron chi connectivity index (χ2n) is 6.27. The molecule has 2 aliphatic heterocycles. The molecular weight excluding hydrogens is 377 g/mol. The summed E-state index contributed by atoms with van der Waals surface area (Å²) in [6, 6.07) is 9.26. The number of alkyl halides is 3. The molecule has 9 heteroatoms. The Bertz CT molecular complexity index is 1040. The molecule has 0 aliphatic carbocycles. The summed E-state index contributed by atoms with van der Waals surface area (Å²) in [5.41, 5.74) is 6.27. The van der Waals surface area contributed by atoms with Gasteiger partial charge in [-0.3, -0.25) is 9.69 Å². The van der Waals surface area contributed by atoms with E-state index in [1.807, 2.05) is 6.07 Å². The number of carbonyl (C=O) groups is 1. The minimum Gasteiger partial charge on any atom is -0.399 e. The molecule has 1 fully saturated rings. The number of halogens is 3. The van der Waals surface area contributed by atoms with E-state index in [-0.39, 0.29) is 10.8 Å². The van der Waals surface area contributed by atoms with Crippen molar-refractivity contribution in [1.29, 1.82) is 5.26 Å². The third-order valence-electron chi connectivity index (χ3n) is 4.68. The van der Waals surface area contributed by atoms with Crippen molar-refractivity contribution in [1.82, 2.24) is 0 Å². The minimum absolute atomic E-state index is 0.0174. The van der Waals surface area contributed by atoms with Crippen molar-refractivity contribution in [2.75, 3.05) is 15.5 Å². The molecule has 0 aromatic heterocycles. The predicted molar refractivity (Wildman–Crippen MR) is 97.1 cm³/mol. The molecule has 2 aromatic rings. The molecule has 2 aliphatic rings. The molecule has 1 saturated heterocycles. The van der Waals surface area contributed by atoms with Gasteiger partial charge in [0.05, 0.1) is 22.9 Å². The van der Waals surface area contributed by atoms with Crippen LogP contribution in [0.2, 0.25) is 0 Å². The third-order valence-corrected chi connectivity index (χ3v) is 5.06. The number of nitrogen functional groups attached to an aromatic ring is 1. The molecule has 1 atom stereocenters. The first-order valence-corrected chi connectivity index (χ1v) is 8.30. The van der Waals surface area contributed by atoms with Crippen LogP contribution in [0.15, 0.2) is 36.4 Å². The van der Waals surface area contributed by atoms with Crippen molar-refractivity contribution in [3.05, 3.63) is 53.1 Å². The monoisotopic (exact) mass is 388 g/mol. The Labute approximate surface area is 157 Å². The van der Waals surface area contributed by atoms with E-state index in [0.717, 1.165) is 22.6 Å². The Kier molecular flexibility index (Phi) is 3.65. The van der Waals surface area contributed by atoms with E-state index in [1.165, 1.54) is 12.1 Å². The lowest BCUT2D eigenvalue weighted by Gasteiger charge is -2.21. The second kappa shape index (κ2) is 5.69. The van der Waals surface area contributed by atoms with Crippen LogP contribution < -0.4 is 15.5 Å². The Morgan fingerprint density at radius 1 is 1.22 bits per heavy atom. The number of anilines is 3. The van der Waals surface area contributed by atoms with Crippen LogP contribution in [-0.4, -0.2) is 17.1 Å². The van der Waals surface area contributed by atoms with Gasteiger partial charge in [-0.1, -0.05) is 6.07 Å². The molecule has 2 heterocycles. The molecular formula is C18H11F3N4OS. The average molecular weight is 388 g/mol. The zero-order chi connectivity index (χ0) is 19.5. The number of nitrogens with zero attached hydrogens (tertiary/aromatic N) is 3. The van der Waals surface area contributed by atoms with E-state index < -0.39 is 29.3 Å². The zero-order valence-electron chi connectivity index (χ0n) is 13.6. The van der Waals surface area contributed by atoms with Gasteiger partial charge in [-0.25, -0.2) is 0 Å². The summed E-state index contributed by atoms with van der Waals surface area (Å²) >= 11 is 5.40. The lowest BCUT2D eigenvalue weighted by molar-refractivity contribution is -0.137. The molecule has 0 radical (unpaired) electrons. The highest BCUT2D eigenvalue weighted by molar-refractivity contribution is 7.81. The maximum atomic E-state index is 13.3. The first-order valence-electron chi connectivity index (χ1n) is 7.89. The van der Waals surface area contributed by atoms with Crippen LogP contribution in [0, 0.1) is 11.3 Å². The quantitative estimate of drug-likeness (QED) is 0.600. The number of carbonyl (C=O) groups excluding carboxylic acids is 1. The van der Waals surface area contributed by atoms with Crippen molar-refractivity contribution >= 4 is 40.3 Å². The normalized spacial score (nSPS) is 18.5. The third kappa shape index (κ3) is 2.52. The van der Waals surface area contributed by atoms with Gasteiger partial charge in [-0.2, -0.15) is 18.4 Å². The molecule has 136 valence electrons. The number of thiocarbonyl (C=S) groups is 1. The van der Waals surface area contributed by atoms with Crippen molar-refractivity contribution in [2.45, 2.75) is 18.6 Å². The SMILES string of the molecule is N#Cc1ccc(N2C(=O)C3Cc4ccc(N)cc4N3C2=S)cc1C(F)(F)F. The van der Waals surface area contributed by atoms with Crippen LogP contribution in [0.3, 0.4) is 0 Å². The van der Waals surface area contributed by atoms with Gasteiger partial charge in [0, 0.05) is 17.8 Å². The highest BCUT2D eigenvalue weighted by Crippen LogP contribution is 2.41. The van der Waals surface area contributed by atoms with Gasteiger partial charge in [0.15, 0.2) is 5.11 Å². The lowest BCUT2D eigenvalue weighted by Crippen LogP contribution is -2.33. The van der Waals surface area contributed by atoms with E-state index in [1.54, 1.807) is 17.0 Å². The fourth-order valence-corrected chi connectivity index (χ4v) is 3.89. The largest absolute Gasteiger partial charge is 0.417 e. The number of fused-ring (bicyclic) bond motifs is 3. The number of nitriles is 1. The summed E-state index contributed by atoms with van der Waals surface area (Å²) in [7, 11) is 0. The van der Waals surface area contributed by atoms with E-state index in [9.17, 15) is 18.0 Å². The predicted octanol–water partition coefficient (Wildman–Crippen LogP) is 3.22. The lowest BCUT2D eigenvalue weighted by atomic mass is 10.1. The molecule has 2 N–H and O–H groups in total. The average Bonchev–Trinajstić information content (AvgIpc) is 3.09. The molecule has 2 aromatic carbocycles. The van der Waals surface area contributed by atoms with Gasteiger partial charge in [0.2, 0.25) is 0 Å². The first kappa shape index (κ1) is 17.3. The van der Waals surface area contributed by atoms with Crippen molar-refractivity contribution in [3.63, 3.8) is 0 Å². The standard InChI is InChI=1S/C18H11F3N4OS/c19-18(20,21)13-7-12(4-2-10(13)8-22)24-16(26)15-5-9-1-3-11(23)6-14(9)25(15)17(24)27/h1-4,6-7,15H,5,23H2. The van der Waals surface area contributed by atoms with Gasteiger partial charge in [-0.05, 0) is 48.1 Å². The van der Waals surface area contributed by atoms with Crippen LogP contribution >= 0.6 is 12.2 Å². The molecule has 4 rings (SSSR count). The number of nitrogens with two attached hydrogens (primary N) is 1. The topological polar surface area (TPSA) is 73.4 Å². The Morgan fingerprint density at radius 3 is 2.63 bits per heavy atom. The van der Waals surface area contributed by atoms with Gasteiger partial charge in [-0.15, -0.1) is 0 Å². The summed E-state index contributed by atoms with van der Waals surface area (Å²) in [4.78, 5) is 15.6. The van der Waals surface area contributed by atoms with Crippen molar-refractivity contribution < 1.29 is 18.0 Å². The smallest absolute Gasteiger partial charge is 0.399 e. The highest BCUT2D eigenvalue weighted by atomic mass is 32.1. The molecule has 0 spiro atoms. The highest BCUT2D eigenvalue weighted by Gasteiger charge is 2.48. The van der Waals surface area contributed by atoms with Crippen LogP contribution in [-0.2, 0) is 17.4 Å². The number of amides is 1. The molecule has 1 unspecified atom stereocenters. The number of benzene rings is 2. The van der Waals surface area contributed by atoms with Gasteiger partial charge < -0.3 is 10.6 Å². The van der Waals surface area contributed by atoms with Gasteiger partial charge in [0.1, 0.15) is 6.04 Å². The second-order valence-corrected chi connectivity index (χ2v) is 6.64. The maximum absolute atomic E-state index is 13.3. The molecule has 0 saturated carbocycles. The maximum Gasteiger partial charge on any atom is 0.417 e. The fraction of sp³-hybridized carbons (Fsp3) is 0.167. The van der Waals surface area contributed by atoms with Crippen LogP contribution in [0.4, 0.5) is 30.2 Å². The van der Waals surface area contributed by atoms with Crippen molar-refractivity contribution in [3.8, 4) is 6.07 Å². The summed E-state index contributed by atoms with van der Waals surface area (Å²) in [5, 5.41) is 9.02. The van der Waals surface area contributed by atoms with Crippen LogP contribution in [0.5, 0.6) is 0 Å². The molecule has 0 bridgehead atoms. The van der Waals surface area contributed by atoms with E-state index in [0.29, 0.717) is 17.8 Å². The first-order chi connectivity index (χ1) is 12.7. The van der Waals surface area contributed by atoms with E-state index >= 15 is 0 Å². The van der Waals surface area contributed by atoms with E-state index in [2.05, 4.69) is 0 Å². The molecule has 1 amide bonds. The Balaban J connectivity index is 1.78. The van der Waals surface area contributed by atoms with Gasteiger partial charge in [0.25, 0.3) is 5.91 Å². The number of hydrogen-bond acceptors (Lipinski definition) is 4. The Hall–Kier alpha value is -3.12. The summed E-state index contributed by atoms with van der Waals surface area (Å²) in [6.45, 7) is 0. The molecule has 5 nitrogen and oxygen atoms in total. The van der Waals surface area contributed by atoms with E-state index in [4.69, 9.17) is 23.2 Å². The summed E-state index contributed by atoms with van der Waals surface area (Å²) < 4.78 is 39.8. The number of rotatable bonds is 1. The molecule has 27 heavy (non-hydrogen) atoms. The summed E-state index contributed by atoms with van der Waals surface area (Å²) in [5.74, 6) is -0.410. The fourth-order valence-electron chi connectivity index (χ4n) is 3.47. The summed E-state index contributed by atoms with van der Waals surface area (Å²) in [6.07, 6.45) is -4.32. The van der Waals surface area contributed by atoms with Gasteiger partial charge >= 0.3 is 6.18 Å². The van der Waals surface area contributed by atoms with Crippen molar-refractivity contribution in [2.24, 2.45) is 0 Å². The van der Waals surface area contributed by atoms with Crippen LogP contribution in [0.1, 0.15) is 16.7 Å². The minimum atomic E-state index is -4.72. The zero-order valence-corrected chi connectivity index (χ0v) is 14.4.